The first-order valence-electron chi connectivity index (χ1n) is 7.00. The number of nitrogens with one attached hydrogen (secondary N) is 1. The Hall–Kier alpha value is -2.33. The molecule has 0 aromatic heterocycles. The minimum absolute atomic E-state index is 0.393. The molecule has 0 heterocycles. The van der Waals surface area contributed by atoms with E-state index in [1.54, 1.807) is 0 Å². The molecule has 4 heteroatoms. The second-order valence-electron chi connectivity index (χ2n) is 4.70. The van der Waals surface area contributed by atoms with Gasteiger partial charge in [-0.3, -0.25) is 10.1 Å². The third kappa shape index (κ3) is 4.33. The summed E-state index contributed by atoms with van der Waals surface area (Å²) < 4.78 is 5.39. The molecule has 1 unspecified atom stereocenters. The Bertz CT molecular complexity index is 567. The molecular formula is C17H20N2O2. The molecule has 4 nitrogen and oxygen atoms in total. The number of carbonyl (C=O) groups excluding carboxylic acids is 1. The quantitative estimate of drug-likeness (QED) is 0.820. The van der Waals surface area contributed by atoms with E-state index >= 15 is 0 Å². The highest BCUT2D eigenvalue weighted by molar-refractivity contribution is 5.81. The van der Waals surface area contributed by atoms with Crippen molar-refractivity contribution in [2.45, 2.75) is 19.5 Å². The molecule has 1 atom stereocenters. The number of benzene rings is 2. The molecule has 2 rings (SSSR count). The molecular weight excluding hydrogens is 264 g/mol. The fourth-order valence-corrected chi connectivity index (χ4v) is 2.12. The van der Waals surface area contributed by atoms with Crippen molar-refractivity contribution in [2.75, 3.05) is 6.61 Å². The number of ether oxygens (including phenoxy) is 1. The van der Waals surface area contributed by atoms with Crippen LogP contribution in [0.5, 0.6) is 5.75 Å². The van der Waals surface area contributed by atoms with E-state index in [0.29, 0.717) is 13.2 Å². The second-order valence-corrected chi connectivity index (χ2v) is 4.70. The predicted molar refractivity (Wildman–Crippen MR) is 82.8 cm³/mol. The molecule has 0 radical (unpaired) electrons. The van der Waals surface area contributed by atoms with E-state index in [2.05, 4.69) is 5.32 Å². The summed E-state index contributed by atoms with van der Waals surface area (Å²) in [5.41, 5.74) is 7.44. The van der Waals surface area contributed by atoms with Crippen LogP contribution in [0.1, 0.15) is 24.1 Å². The minimum Gasteiger partial charge on any atom is -0.494 e. The van der Waals surface area contributed by atoms with Gasteiger partial charge in [-0.1, -0.05) is 42.5 Å². The van der Waals surface area contributed by atoms with Crippen molar-refractivity contribution in [1.82, 2.24) is 5.32 Å². The average Bonchev–Trinajstić information content (AvgIpc) is 2.50. The Morgan fingerprint density at radius 1 is 1.14 bits per heavy atom. The van der Waals surface area contributed by atoms with E-state index < -0.39 is 11.9 Å². The zero-order valence-corrected chi connectivity index (χ0v) is 12.1. The first-order chi connectivity index (χ1) is 10.2. The van der Waals surface area contributed by atoms with E-state index in [0.717, 1.165) is 16.9 Å². The highest BCUT2D eigenvalue weighted by atomic mass is 16.5. The summed E-state index contributed by atoms with van der Waals surface area (Å²) in [4.78, 5) is 11.7. The third-order valence-corrected chi connectivity index (χ3v) is 3.16. The van der Waals surface area contributed by atoms with Gasteiger partial charge in [0.2, 0.25) is 5.91 Å². The van der Waals surface area contributed by atoms with E-state index in [4.69, 9.17) is 10.5 Å². The van der Waals surface area contributed by atoms with Crippen LogP contribution >= 0.6 is 0 Å². The third-order valence-electron chi connectivity index (χ3n) is 3.16. The SMILES string of the molecule is CCOc1ccc(C(NCc2ccccc2)C(N)=O)cc1. The molecule has 110 valence electrons. The number of nitrogens with two attached hydrogens (primary N) is 1. The van der Waals surface area contributed by atoms with Gasteiger partial charge >= 0.3 is 0 Å². The predicted octanol–water partition coefficient (Wildman–Crippen LogP) is 2.40. The lowest BCUT2D eigenvalue weighted by Crippen LogP contribution is -2.33. The summed E-state index contributed by atoms with van der Waals surface area (Å²) in [5, 5.41) is 3.19. The van der Waals surface area contributed by atoms with Crippen LogP contribution in [0.3, 0.4) is 0 Å². The summed E-state index contributed by atoms with van der Waals surface area (Å²) in [6.07, 6.45) is 0. The van der Waals surface area contributed by atoms with Crippen LogP contribution in [0.4, 0.5) is 0 Å². The van der Waals surface area contributed by atoms with Crippen molar-refractivity contribution in [1.29, 1.82) is 0 Å². The molecule has 0 saturated heterocycles. The van der Waals surface area contributed by atoms with Gasteiger partial charge in [-0.15, -0.1) is 0 Å². The molecule has 0 aliphatic rings. The topological polar surface area (TPSA) is 64.3 Å². The lowest BCUT2D eigenvalue weighted by Gasteiger charge is -2.16. The fraction of sp³-hybridized carbons (Fsp3) is 0.235. The molecule has 2 aromatic carbocycles. The van der Waals surface area contributed by atoms with Gasteiger partial charge in [-0.05, 0) is 30.2 Å². The Kier molecular flexibility index (Phi) is 5.35. The first-order valence-corrected chi connectivity index (χ1v) is 7.00. The van der Waals surface area contributed by atoms with E-state index in [9.17, 15) is 4.79 Å². The first kappa shape index (κ1) is 15.1. The van der Waals surface area contributed by atoms with Crippen LogP contribution in [-0.4, -0.2) is 12.5 Å². The minimum atomic E-state index is -0.513. The Morgan fingerprint density at radius 3 is 2.38 bits per heavy atom. The van der Waals surface area contributed by atoms with E-state index in [1.807, 2.05) is 61.5 Å². The Morgan fingerprint density at radius 2 is 1.81 bits per heavy atom. The average molecular weight is 284 g/mol. The number of hydrogen-bond acceptors (Lipinski definition) is 3. The van der Waals surface area contributed by atoms with Crippen molar-refractivity contribution in [3.8, 4) is 5.75 Å². The number of rotatable bonds is 7. The van der Waals surface area contributed by atoms with Gasteiger partial charge in [0.05, 0.1) is 6.61 Å². The molecule has 0 bridgehead atoms. The van der Waals surface area contributed by atoms with E-state index in [1.165, 1.54) is 0 Å². The summed E-state index contributed by atoms with van der Waals surface area (Å²) in [5.74, 6) is 0.391. The fourth-order valence-electron chi connectivity index (χ4n) is 2.12. The monoisotopic (exact) mass is 284 g/mol. The number of carbonyl (C=O) groups is 1. The van der Waals surface area contributed by atoms with Crippen LogP contribution in [0.25, 0.3) is 0 Å². The number of hydrogen-bond donors (Lipinski definition) is 2. The molecule has 21 heavy (non-hydrogen) atoms. The molecule has 0 saturated carbocycles. The summed E-state index contributed by atoms with van der Waals surface area (Å²) in [6.45, 7) is 3.13. The summed E-state index contributed by atoms with van der Waals surface area (Å²) >= 11 is 0. The van der Waals surface area contributed by atoms with Gasteiger partial charge in [0, 0.05) is 6.54 Å². The van der Waals surface area contributed by atoms with E-state index in [-0.39, 0.29) is 0 Å². The Balaban J connectivity index is 2.06. The van der Waals surface area contributed by atoms with Crippen LogP contribution in [0, 0.1) is 0 Å². The van der Waals surface area contributed by atoms with Crippen LogP contribution < -0.4 is 15.8 Å². The van der Waals surface area contributed by atoms with Crippen LogP contribution in [-0.2, 0) is 11.3 Å². The molecule has 1 amide bonds. The second kappa shape index (κ2) is 7.45. The molecule has 0 aliphatic carbocycles. The highest BCUT2D eigenvalue weighted by Gasteiger charge is 2.17. The van der Waals surface area contributed by atoms with Crippen molar-refractivity contribution in [3.05, 3.63) is 65.7 Å². The summed E-state index contributed by atoms with van der Waals surface area (Å²) in [7, 11) is 0. The Labute approximate surface area is 124 Å². The maximum atomic E-state index is 11.7. The van der Waals surface area contributed by atoms with Crippen molar-refractivity contribution in [3.63, 3.8) is 0 Å². The van der Waals surface area contributed by atoms with Gasteiger partial charge in [0.1, 0.15) is 11.8 Å². The number of amides is 1. The van der Waals surface area contributed by atoms with Crippen LogP contribution in [0.15, 0.2) is 54.6 Å². The van der Waals surface area contributed by atoms with Crippen molar-refractivity contribution in [2.24, 2.45) is 5.73 Å². The van der Waals surface area contributed by atoms with Crippen molar-refractivity contribution >= 4 is 5.91 Å². The lowest BCUT2D eigenvalue weighted by atomic mass is 10.1. The largest absolute Gasteiger partial charge is 0.494 e. The molecule has 0 aliphatic heterocycles. The molecule has 3 N–H and O–H groups in total. The van der Waals surface area contributed by atoms with Gasteiger partial charge in [-0.2, -0.15) is 0 Å². The maximum Gasteiger partial charge on any atom is 0.239 e. The van der Waals surface area contributed by atoms with Gasteiger partial charge in [-0.25, -0.2) is 0 Å². The van der Waals surface area contributed by atoms with Crippen LogP contribution in [0.2, 0.25) is 0 Å². The zero-order valence-electron chi connectivity index (χ0n) is 12.1. The smallest absolute Gasteiger partial charge is 0.239 e. The maximum absolute atomic E-state index is 11.7. The van der Waals surface area contributed by atoms with Gasteiger partial charge in [0.15, 0.2) is 0 Å². The van der Waals surface area contributed by atoms with Gasteiger partial charge < -0.3 is 10.5 Å². The number of primary amides is 1. The highest BCUT2D eigenvalue weighted by Crippen LogP contribution is 2.18. The van der Waals surface area contributed by atoms with Crippen molar-refractivity contribution < 1.29 is 9.53 Å². The molecule has 2 aromatic rings. The standard InChI is InChI=1S/C17H20N2O2/c1-2-21-15-10-8-14(9-11-15)16(17(18)20)19-12-13-6-4-3-5-7-13/h3-11,16,19H,2,12H2,1H3,(H2,18,20). The normalized spacial score (nSPS) is 11.9. The summed E-state index contributed by atoms with van der Waals surface area (Å²) in [6, 6.07) is 16.8. The lowest BCUT2D eigenvalue weighted by molar-refractivity contribution is -0.120. The molecule has 0 fully saturated rings. The molecule has 0 spiro atoms. The van der Waals surface area contributed by atoms with Gasteiger partial charge in [0.25, 0.3) is 0 Å². The zero-order chi connectivity index (χ0) is 15.1.